The highest BCUT2D eigenvalue weighted by Gasteiger charge is 2.20. The van der Waals surface area contributed by atoms with Gasteiger partial charge in [-0.1, -0.05) is 17.7 Å². The summed E-state index contributed by atoms with van der Waals surface area (Å²) in [4.78, 5) is 21.1. The lowest BCUT2D eigenvalue weighted by Gasteiger charge is -2.35. The molecule has 0 unspecified atom stereocenters. The van der Waals surface area contributed by atoms with Crippen LogP contribution in [0.1, 0.15) is 0 Å². The number of hydrogen-bond acceptors (Lipinski definition) is 6. The molecule has 0 saturated carbocycles. The molecule has 0 radical (unpaired) electrons. The van der Waals surface area contributed by atoms with E-state index in [1.807, 2.05) is 6.07 Å². The SMILES string of the molecule is Cn1ccn(-c2ccc(-c3cc(F)cc(-c4ccnc(N5CCN(CCO)CC5)c4)c3O)cc2Cl)c1=O. The molecule has 0 atom stereocenters. The molecule has 0 spiro atoms. The van der Waals surface area contributed by atoms with Gasteiger partial charge < -0.3 is 19.7 Å². The monoisotopic (exact) mass is 523 g/mol. The number of nitrogens with zero attached hydrogens (tertiary/aromatic N) is 5. The molecule has 3 heterocycles. The summed E-state index contributed by atoms with van der Waals surface area (Å²) < 4.78 is 17.7. The summed E-state index contributed by atoms with van der Waals surface area (Å²) in [7, 11) is 1.65. The summed E-state index contributed by atoms with van der Waals surface area (Å²) in [6, 6.07) is 11.1. The van der Waals surface area contributed by atoms with Crippen molar-refractivity contribution in [2.24, 2.45) is 7.05 Å². The van der Waals surface area contributed by atoms with Crippen molar-refractivity contribution < 1.29 is 14.6 Å². The molecule has 192 valence electrons. The van der Waals surface area contributed by atoms with Crippen LogP contribution >= 0.6 is 11.6 Å². The van der Waals surface area contributed by atoms with Crippen molar-refractivity contribution in [3.63, 3.8) is 0 Å². The average Bonchev–Trinajstić information content (AvgIpc) is 3.23. The van der Waals surface area contributed by atoms with Crippen molar-refractivity contribution >= 4 is 17.4 Å². The topological polar surface area (TPSA) is 86.8 Å². The van der Waals surface area contributed by atoms with Crippen LogP contribution in [0.3, 0.4) is 0 Å². The summed E-state index contributed by atoms with van der Waals surface area (Å²) >= 11 is 6.51. The summed E-state index contributed by atoms with van der Waals surface area (Å²) in [5.41, 5.74) is 2.04. The van der Waals surface area contributed by atoms with Crippen molar-refractivity contribution in [1.82, 2.24) is 19.0 Å². The largest absolute Gasteiger partial charge is 0.507 e. The van der Waals surface area contributed by atoms with Crippen LogP contribution in [-0.2, 0) is 7.05 Å². The van der Waals surface area contributed by atoms with E-state index in [1.165, 1.54) is 21.3 Å². The van der Waals surface area contributed by atoms with Crippen molar-refractivity contribution in [1.29, 1.82) is 0 Å². The van der Waals surface area contributed by atoms with Crippen LogP contribution in [-0.4, -0.2) is 68.6 Å². The Bertz CT molecular complexity index is 1490. The van der Waals surface area contributed by atoms with E-state index < -0.39 is 5.82 Å². The van der Waals surface area contributed by atoms with Crippen molar-refractivity contribution in [3.8, 4) is 33.7 Å². The van der Waals surface area contributed by atoms with Gasteiger partial charge in [-0.25, -0.2) is 14.2 Å². The number of aromatic nitrogens is 3. The zero-order valence-corrected chi connectivity index (χ0v) is 21.1. The first-order chi connectivity index (χ1) is 17.9. The third-order valence-corrected chi connectivity index (χ3v) is 7.01. The molecule has 0 aliphatic carbocycles. The standard InChI is InChI=1S/C27H27ClFN5O3/c1-31-6-11-34(27(31)37)24-3-2-18(14-23(24)28)21-16-20(29)17-22(26(21)36)19-4-5-30-25(15-19)33-9-7-32(8-10-33)12-13-35/h2-6,11,14-17,35-36H,7-10,12-13H2,1H3. The second-order valence-corrected chi connectivity index (χ2v) is 9.44. The van der Waals surface area contributed by atoms with Crippen molar-refractivity contribution in [3.05, 3.63) is 82.4 Å². The molecule has 2 aromatic carbocycles. The molecule has 5 rings (SSSR count). The highest BCUT2D eigenvalue weighted by molar-refractivity contribution is 6.32. The van der Waals surface area contributed by atoms with Crippen molar-refractivity contribution in [2.45, 2.75) is 0 Å². The molecule has 1 fully saturated rings. The minimum atomic E-state index is -0.502. The Kier molecular flexibility index (Phi) is 7.01. The molecule has 1 aliphatic rings. The Labute approximate surface area is 218 Å². The van der Waals surface area contributed by atoms with Gasteiger partial charge in [-0.05, 0) is 47.5 Å². The number of hydrogen-bond donors (Lipinski definition) is 2. The second kappa shape index (κ2) is 10.4. The molecule has 2 aromatic heterocycles. The van der Waals surface area contributed by atoms with Gasteiger partial charge in [-0.2, -0.15) is 0 Å². The van der Waals surface area contributed by atoms with Gasteiger partial charge in [0.15, 0.2) is 0 Å². The minimum Gasteiger partial charge on any atom is -0.507 e. The third-order valence-electron chi connectivity index (χ3n) is 6.71. The van der Waals surface area contributed by atoms with Crippen LogP contribution in [0.4, 0.5) is 10.2 Å². The summed E-state index contributed by atoms with van der Waals surface area (Å²) in [5.74, 6) is 0.164. The van der Waals surface area contributed by atoms with E-state index in [0.29, 0.717) is 39.5 Å². The van der Waals surface area contributed by atoms with E-state index in [9.17, 15) is 14.3 Å². The number of imidazole rings is 1. The minimum absolute atomic E-state index is 0.0768. The molecule has 4 aromatic rings. The fourth-order valence-electron chi connectivity index (χ4n) is 4.66. The number of aromatic hydroxyl groups is 1. The smallest absolute Gasteiger partial charge is 0.332 e. The van der Waals surface area contributed by atoms with E-state index >= 15 is 0 Å². The maximum absolute atomic E-state index is 14.8. The Hall–Kier alpha value is -3.66. The lowest BCUT2D eigenvalue weighted by Crippen LogP contribution is -2.47. The molecule has 8 nitrogen and oxygen atoms in total. The third kappa shape index (κ3) is 4.98. The second-order valence-electron chi connectivity index (χ2n) is 9.03. The van der Waals surface area contributed by atoms with Crippen LogP contribution in [0.2, 0.25) is 5.02 Å². The zero-order chi connectivity index (χ0) is 26.1. The van der Waals surface area contributed by atoms with Crippen molar-refractivity contribution in [2.75, 3.05) is 44.2 Å². The Balaban J connectivity index is 1.47. The quantitative estimate of drug-likeness (QED) is 0.402. The van der Waals surface area contributed by atoms with Gasteiger partial charge in [0, 0.05) is 69.5 Å². The number of β-amino-alcohol motifs (C(OH)–C–C–N with tert-alkyl or cyclic N) is 1. The van der Waals surface area contributed by atoms with Gasteiger partial charge in [-0.3, -0.25) is 9.47 Å². The molecular formula is C27H27ClFN5O3. The van der Waals surface area contributed by atoms with E-state index in [-0.39, 0.29) is 18.0 Å². The fraction of sp³-hybridized carbons (Fsp3) is 0.259. The van der Waals surface area contributed by atoms with Gasteiger partial charge in [0.1, 0.15) is 17.4 Å². The molecule has 37 heavy (non-hydrogen) atoms. The number of pyridine rings is 1. The van der Waals surface area contributed by atoms with Gasteiger partial charge in [-0.15, -0.1) is 0 Å². The maximum Gasteiger partial charge on any atom is 0.332 e. The Morgan fingerprint density at radius 3 is 2.32 bits per heavy atom. The van der Waals surface area contributed by atoms with Crippen LogP contribution in [0.5, 0.6) is 5.75 Å². The number of anilines is 1. The fourth-order valence-corrected chi connectivity index (χ4v) is 4.93. The number of aryl methyl sites for hydroxylation is 1. The predicted octanol–water partition coefficient (Wildman–Crippen LogP) is 3.52. The number of aliphatic hydroxyl groups excluding tert-OH is 1. The molecule has 2 N–H and O–H groups in total. The van der Waals surface area contributed by atoms with Crippen LogP contribution in [0.25, 0.3) is 27.9 Å². The highest BCUT2D eigenvalue weighted by atomic mass is 35.5. The van der Waals surface area contributed by atoms with Crippen LogP contribution < -0.4 is 10.6 Å². The Morgan fingerprint density at radius 1 is 1.00 bits per heavy atom. The first-order valence-corrected chi connectivity index (χ1v) is 12.3. The number of halogens is 2. The maximum atomic E-state index is 14.8. The number of piperazine rings is 1. The van der Waals surface area contributed by atoms with Gasteiger partial charge in [0.05, 0.1) is 17.3 Å². The number of benzene rings is 2. The lowest BCUT2D eigenvalue weighted by molar-refractivity contribution is 0.188. The molecule has 10 heteroatoms. The molecule has 0 amide bonds. The average molecular weight is 524 g/mol. The molecule has 1 aliphatic heterocycles. The number of rotatable bonds is 6. The first kappa shape index (κ1) is 25.0. The number of phenols is 1. The predicted molar refractivity (Wildman–Crippen MR) is 142 cm³/mol. The van der Waals surface area contributed by atoms with Gasteiger partial charge in [0.25, 0.3) is 0 Å². The van der Waals surface area contributed by atoms with Crippen LogP contribution in [0, 0.1) is 5.82 Å². The highest BCUT2D eigenvalue weighted by Crippen LogP contribution is 2.40. The zero-order valence-electron chi connectivity index (χ0n) is 20.3. The number of aliphatic hydroxyl groups is 1. The van der Waals surface area contributed by atoms with E-state index in [2.05, 4.69) is 14.8 Å². The Morgan fingerprint density at radius 2 is 1.70 bits per heavy atom. The lowest BCUT2D eigenvalue weighted by atomic mass is 9.97. The summed E-state index contributed by atoms with van der Waals surface area (Å²) in [6.07, 6.45) is 4.90. The number of phenolic OH excluding ortho intramolecular Hbond substituents is 1. The van der Waals surface area contributed by atoms with E-state index in [4.69, 9.17) is 16.7 Å². The van der Waals surface area contributed by atoms with E-state index in [1.54, 1.807) is 49.9 Å². The molecule has 1 saturated heterocycles. The van der Waals surface area contributed by atoms with Gasteiger partial charge in [0.2, 0.25) is 0 Å². The van der Waals surface area contributed by atoms with Gasteiger partial charge >= 0.3 is 5.69 Å². The van der Waals surface area contributed by atoms with Crippen LogP contribution in [0.15, 0.2) is 65.8 Å². The summed E-state index contributed by atoms with van der Waals surface area (Å²) in [5, 5.41) is 20.7. The van der Waals surface area contributed by atoms with E-state index in [0.717, 1.165) is 32.0 Å². The molecule has 0 bridgehead atoms. The summed E-state index contributed by atoms with van der Waals surface area (Å²) in [6.45, 7) is 3.92. The first-order valence-electron chi connectivity index (χ1n) is 12.0. The normalized spacial score (nSPS) is 14.3. The molecular weight excluding hydrogens is 497 g/mol.